The van der Waals surface area contributed by atoms with Crippen LogP contribution in [-0.2, 0) is 9.59 Å². The Bertz CT molecular complexity index is 715. The van der Waals surface area contributed by atoms with Gasteiger partial charge in [-0.1, -0.05) is 0 Å². The molecular weight excluding hydrogens is 356 g/mol. The van der Waals surface area contributed by atoms with E-state index in [0.717, 1.165) is 31.7 Å². The first-order chi connectivity index (χ1) is 12.9. The van der Waals surface area contributed by atoms with Crippen molar-refractivity contribution in [2.24, 2.45) is 5.92 Å². The van der Waals surface area contributed by atoms with E-state index in [4.69, 9.17) is 0 Å². The van der Waals surface area contributed by atoms with Crippen molar-refractivity contribution >= 4 is 23.3 Å². The predicted molar refractivity (Wildman–Crippen MR) is 95.7 cm³/mol. The summed E-state index contributed by atoms with van der Waals surface area (Å²) < 4.78 is 26.4. The zero-order valence-electron chi connectivity index (χ0n) is 15.0. The van der Waals surface area contributed by atoms with Crippen LogP contribution in [0.3, 0.4) is 0 Å². The van der Waals surface area contributed by atoms with Crippen LogP contribution in [0.5, 0.6) is 0 Å². The van der Waals surface area contributed by atoms with E-state index in [1.807, 2.05) is 4.90 Å². The van der Waals surface area contributed by atoms with Crippen LogP contribution in [0, 0.1) is 5.92 Å². The van der Waals surface area contributed by atoms with E-state index in [2.05, 4.69) is 20.5 Å². The minimum absolute atomic E-state index is 0.242. The molecule has 0 aromatic carbocycles. The number of nitrogens with zero attached hydrogens (tertiary/aromatic N) is 3. The van der Waals surface area contributed by atoms with E-state index in [-0.39, 0.29) is 11.8 Å². The summed E-state index contributed by atoms with van der Waals surface area (Å²) in [4.78, 5) is 32.6. The molecular formula is C18H23F2N5O2. The summed E-state index contributed by atoms with van der Waals surface area (Å²) in [5, 5.41) is 5.16. The molecule has 3 fully saturated rings. The van der Waals surface area contributed by atoms with E-state index >= 15 is 0 Å². The Morgan fingerprint density at radius 3 is 2.48 bits per heavy atom. The van der Waals surface area contributed by atoms with Gasteiger partial charge >= 0.3 is 0 Å². The van der Waals surface area contributed by atoms with Crippen LogP contribution in [0.2, 0.25) is 0 Å². The summed E-state index contributed by atoms with van der Waals surface area (Å²) in [7, 11) is 0. The van der Waals surface area contributed by atoms with Crippen molar-refractivity contribution in [3.63, 3.8) is 0 Å². The Hall–Kier alpha value is -2.29. The first-order valence-electron chi connectivity index (χ1n) is 9.33. The number of rotatable bonds is 4. The van der Waals surface area contributed by atoms with Crippen molar-refractivity contribution in [2.75, 3.05) is 42.9 Å². The first kappa shape index (κ1) is 18.1. The molecule has 1 atom stereocenters. The fourth-order valence-corrected chi connectivity index (χ4v) is 3.52. The Morgan fingerprint density at radius 1 is 1.19 bits per heavy atom. The number of amides is 2. The number of carbonyl (C=O) groups is 2. The molecule has 146 valence electrons. The molecule has 7 nitrogen and oxygen atoms in total. The predicted octanol–water partition coefficient (Wildman–Crippen LogP) is 1.08. The number of halogens is 2. The molecule has 27 heavy (non-hydrogen) atoms. The Labute approximate surface area is 156 Å². The molecule has 1 aromatic rings. The number of aromatic nitrogens is 1. The number of alkyl halides is 2. The highest BCUT2D eigenvalue weighted by Gasteiger charge is 2.42. The molecule has 1 unspecified atom stereocenters. The van der Waals surface area contributed by atoms with Crippen LogP contribution in [0.25, 0.3) is 0 Å². The van der Waals surface area contributed by atoms with E-state index in [0.29, 0.717) is 18.8 Å². The van der Waals surface area contributed by atoms with Crippen molar-refractivity contribution in [3.8, 4) is 0 Å². The number of carbonyl (C=O) groups excluding carboxylic acids is 2. The van der Waals surface area contributed by atoms with Crippen LogP contribution in [0.15, 0.2) is 18.3 Å². The second-order valence-corrected chi connectivity index (χ2v) is 7.47. The maximum atomic E-state index is 13.2. The number of piperazine rings is 1. The average molecular weight is 379 g/mol. The van der Waals surface area contributed by atoms with Crippen molar-refractivity contribution in [1.29, 1.82) is 0 Å². The van der Waals surface area contributed by atoms with E-state index in [1.165, 1.54) is 6.20 Å². The highest BCUT2D eigenvalue weighted by atomic mass is 19.3. The molecule has 9 heteroatoms. The summed E-state index contributed by atoms with van der Waals surface area (Å²) in [6, 6.07) is 2.62. The van der Waals surface area contributed by atoms with Gasteiger partial charge in [0.2, 0.25) is 11.8 Å². The first-order valence-corrected chi connectivity index (χ1v) is 9.33. The van der Waals surface area contributed by atoms with Gasteiger partial charge in [-0.15, -0.1) is 0 Å². The molecule has 4 rings (SSSR count). The summed E-state index contributed by atoms with van der Waals surface area (Å²) in [5.74, 6) is -2.03. The van der Waals surface area contributed by atoms with Gasteiger partial charge in [0.25, 0.3) is 5.92 Å². The van der Waals surface area contributed by atoms with E-state index in [9.17, 15) is 18.4 Å². The summed E-state index contributed by atoms with van der Waals surface area (Å²) in [6.45, 7) is 2.35. The molecule has 1 aromatic heterocycles. The fraction of sp³-hybridized carbons (Fsp3) is 0.611. The summed E-state index contributed by atoms with van der Waals surface area (Å²) in [5.41, 5.74) is 0.475. The zero-order chi connectivity index (χ0) is 19.0. The Morgan fingerprint density at radius 2 is 1.93 bits per heavy atom. The lowest BCUT2D eigenvalue weighted by molar-refractivity contribution is -0.132. The van der Waals surface area contributed by atoms with Crippen molar-refractivity contribution in [2.45, 2.75) is 31.2 Å². The smallest absolute Gasteiger partial charge is 0.262 e. The second-order valence-electron chi connectivity index (χ2n) is 7.47. The van der Waals surface area contributed by atoms with Crippen molar-refractivity contribution in [1.82, 2.24) is 15.2 Å². The zero-order valence-corrected chi connectivity index (χ0v) is 15.0. The van der Waals surface area contributed by atoms with Gasteiger partial charge in [-0.3, -0.25) is 14.9 Å². The van der Waals surface area contributed by atoms with Gasteiger partial charge in [0, 0.05) is 38.5 Å². The average Bonchev–Trinajstić information content (AvgIpc) is 3.45. The number of hydrogen-bond acceptors (Lipinski definition) is 5. The summed E-state index contributed by atoms with van der Waals surface area (Å²) in [6.07, 6.45) is 3.07. The second kappa shape index (κ2) is 7.03. The van der Waals surface area contributed by atoms with Gasteiger partial charge in [0.15, 0.2) is 0 Å². The van der Waals surface area contributed by atoms with Crippen molar-refractivity contribution in [3.05, 3.63) is 18.3 Å². The maximum absolute atomic E-state index is 13.2. The number of pyridine rings is 1. The molecule has 0 radical (unpaired) electrons. The standard InChI is InChI=1S/C18H23F2N5O2/c19-18(20)9-14(22-11-18)16(26)23-13-3-4-15(21-10-13)24-5-7-25(8-6-24)17(27)12-1-2-12/h3-4,10,12,14,22H,1-2,5-9,11H2,(H,23,26). The minimum Gasteiger partial charge on any atom is -0.353 e. The summed E-state index contributed by atoms with van der Waals surface area (Å²) >= 11 is 0. The lowest BCUT2D eigenvalue weighted by Crippen LogP contribution is -2.49. The van der Waals surface area contributed by atoms with Gasteiger partial charge in [-0.25, -0.2) is 13.8 Å². The van der Waals surface area contributed by atoms with Crippen LogP contribution < -0.4 is 15.5 Å². The van der Waals surface area contributed by atoms with Crippen LogP contribution in [0.4, 0.5) is 20.3 Å². The van der Waals surface area contributed by atoms with Gasteiger partial charge in [0.05, 0.1) is 24.5 Å². The van der Waals surface area contributed by atoms with E-state index < -0.39 is 30.8 Å². The van der Waals surface area contributed by atoms with E-state index in [1.54, 1.807) is 12.1 Å². The number of anilines is 2. The molecule has 1 saturated carbocycles. The molecule has 2 amide bonds. The highest BCUT2D eigenvalue weighted by molar-refractivity contribution is 5.95. The van der Waals surface area contributed by atoms with Crippen molar-refractivity contribution < 1.29 is 18.4 Å². The van der Waals surface area contributed by atoms with Gasteiger partial charge in [0.1, 0.15) is 5.82 Å². The normalized spacial score (nSPS) is 24.7. The SMILES string of the molecule is O=C(Nc1ccc(N2CCN(C(=O)C3CC3)CC2)nc1)C1CC(F)(F)CN1. The lowest BCUT2D eigenvalue weighted by atomic mass is 10.2. The molecule has 0 spiro atoms. The third kappa shape index (κ3) is 4.18. The third-order valence-electron chi connectivity index (χ3n) is 5.28. The van der Waals surface area contributed by atoms with Crippen LogP contribution in [-0.4, -0.2) is 66.4 Å². The topological polar surface area (TPSA) is 77.6 Å². The maximum Gasteiger partial charge on any atom is 0.262 e. The van der Waals surface area contributed by atoms with Crippen LogP contribution in [0.1, 0.15) is 19.3 Å². The molecule has 3 aliphatic rings. The molecule has 2 N–H and O–H groups in total. The molecule has 0 bridgehead atoms. The van der Waals surface area contributed by atoms with Crippen LogP contribution >= 0.6 is 0 Å². The fourth-order valence-electron chi connectivity index (χ4n) is 3.52. The number of hydrogen-bond donors (Lipinski definition) is 2. The molecule has 3 heterocycles. The quantitative estimate of drug-likeness (QED) is 0.819. The largest absolute Gasteiger partial charge is 0.353 e. The monoisotopic (exact) mass is 379 g/mol. The van der Waals surface area contributed by atoms with Gasteiger partial charge in [-0.05, 0) is 25.0 Å². The lowest BCUT2D eigenvalue weighted by Gasteiger charge is -2.35. The minimum atomic E-state index is -2.84. The molecule has 1 aliphatic carbocycles. The van der Waals surface area contributed by atoms with Gasteiger partial charge in [-0.2, -0.15) is 0 Å². The molecule has 2 saturated heterocycles. The highest BCUT2D eigenvalue weighted by Crippen LogP contribution is 2.31. The Kier molecular flexibility index (Phi) is 4.71. The van der Waals surface area contributed by atoms with Gasteiger partial charge < -0.3 is 15.1 Å². The number of nitrogens with one attached hydrogen (secondary N) is 2. The third-order valence-corrected chi connectivity index (χ3v) is 5.28. The molecule has 2 aliphatic heterocycles. The Balaban J connectivity index is 1.29.